The Hall–Kier alpha value is -2.57. The Morgan fingerprint density at radius 2 is 1.92 bits per heavy atom. The van der Waals surface area contributed by atoms with Crippen molar-refractivity contribution in [2.24, 2.45) is 0 Å². The lowest BCUT2D eigenvalue weighted by Crippen LogP contribution is -2.50. The Morgan fingerprint density at radius 3 is 2.50 bits per heavy atom. The number of carbonyl (C=O) groups excluding carboxylic acids is 1. The van der Waals surface area contributed by atoms with E-state index in [0.29, 0.717) is 24.8 Å². The molecule has 2 aromatic rings. The molecule has 0 unspecified atom stereocenters. The lowest BCUT2D eigenvalue weighted by molar-refractivity contribution is 0.00558. The van der Waals surface area contributed by atoms with Crippen LogP contribution in [-0.2, 0) is 4.74 Å². The van der Waals surface area contributed by atoms with E-state index in [1.165, 1.54) is 0 Å². The van der Waals surface area contributed by atoms with Gasteiger partial charge in [-0.1, -0.05) is 5.16 Å². The number of nitrogens with zero attached hydrogens (tertiary/aromatic N) is 3. The Morgan fingerprint density at radius 1 is 1.25 bits per heavy atom. The largest absolute Gasteiger partial charge is 0.497 e. The van der Waals surface area contributed by atoms with E-state index in [4.69, 9.17) is 14.0 Å². The van der Waals surface area contributed by atoms with E-state index in [0.717, 1.165) is 11.3 Å². The second-order valence-corrected chi connectivity index (χ2v) is 6.77. The molecular formula is C17H21N3O4. The molecule has 1 aromatic heterocycles. The molecule has 1 fully saturated rings. The van der Waals surface area contributed by atoms with Crippen LogP contribution in [0.1, 0.15) is 32.6 Å². The molecule has 1 aliphatic rings. The molecule has 0 N–H and O–H groups in total. The molecule has 1 amide bonds. The van der Waals surface area contributed by atoms with E-state index in [-0.39, 0.29) is 12.0 Å². The molecule has 3 rings (SSSR count). The average Bonchev–Trinajstić information content (AvgIpc) is 2.93. The van der Waals surface area contributed by atoms with Gasteiger partial charge in [0, 0.05) is 18.7 Å². The van der Waals surface area contributed by atoms with Gasteiger partial charge in [-0.2, -0.15) is 4.98 Å². The van der Waals surface area contributed by atoms with Crippen LogP contribution in [0.15, 0.2) is 28.8 Å². The molecule has 24 heavy (non-hydrogen) atoms. The van der Waals surface area contributed by atoms with Gasteiger partial charge in [-0.25, -0.2) is 4.79 Å². The predicted octanol–water partition coefficient (Wildman–Crippen LogP) is 3.08. The van der Waals surface area contributed by atoms with Crippen molar-refractivity contribution in [2.75, 3.05) is 20.2 Å². The van der Waals surface area contributed by atoms with Crippen LogP contribution >= 0.6 is 0 Å². The molecule has 0 spiro atoms. The molecule has 128 valence electrons. The first kappa shape index (κ1) is 16.3. The molecule has 7 heteroatoms. The Labute approximate surface area is 140 Å². The maximum Gasteiger partial charge on any atom is 0.410 e. The summed E-state index contributed by atoms with van der Waals surface area (Å²) in [5, 5.41) is 4.01. The minimum absolute atomic E-state index is 0.0528. The highest BCUT2D eigenvalue weighted by atomic mass is 16.6. The highest BCUT2D eigenvalue weighted by Crippen LogP contribution is 2.29. The molecule has 0 saturated carbocycles. The van der Waals surface area contributed by atoms with Gasteiger partial charge in [0.25, 0.3) is 0 Å². The van der Waals surface area contributed by atoms with Crippen molar-refractivity contribution in [1.29, 1.82) is 0 Å². The molecule has 0 aliphatic carbocycles. The van der Waals surface area contributed by atoms with Gasteiger partial charge in [0.1, 0.15) is 11.4 Å². The number of ether oxygens (including phenoxy) is 2. The summed E-state index contributed by atoms with van der Waals surface area (Å²) in [6.45, 7) is 6.60. The van der Waals surface area contributed by atoms with Crippen LogP contribution < -0.4 is 4.74 Å². The summed E-state index contributed by atoms with van der Waals surface area (Å²) in [4.78, 5) is 18.0. The minimum atomic E-state index is -0.492. The smallest absolute Gasteiger partial charge is 0.410 e. The Balaban J connectivity index is 1.60. The molecule has 1 saturated heterocycles. The van der Waals surface area contributed by atoms with Crippen molar-refractivity contribution >= 4 is 6.09 Å². The summed E-state index contributed by atoms with van der Waals surface area (Å²) in [7, 11) is 1.62. The van der Waals surface area contributed by atoms with Crippen molar-refractivity contribution in [2.45, 2.75) is 32.3 Å². The SMILES string of the molecule is COc1ccc(-c2noc(C3CN(C(=O)OC(C)(C)C)C3)n2)cc1. The maximum atomic E-state index is 11.9. The van der Waals surface area contributed by atoms with Crippen LogP contribution in [0.5, 0.6) is 5.75 Å². The number of likely N-dealkylation sites (tertiary alicyclic amines) is 1. The third-order valence-corrected chi connectivity index (χ3v) is 3.67. The van der Waals surface area contributed by atoms with Crippen molar-refractivity contribution in [1.82, 2.24) is 15.0 Å². The lowest BCUT2D eigenvalue weighted by atomic mass is 10.0. The number of rotatable bonds is 3. The van der Waals surface area contributed by atoms with Gasteiger partial charge in [-0.15, -0.1) is 0 Å². The average molecular weight is 331 g/mol. The second-order valence-electron chi connectivity index (χ2n) is 6.77. The molecule has 1 aliphatic heterocycles. The normalized spacial score (nSPS) is 15.1. The van der Waals surface area contributed by atoms with E-state index in [1.54, 1.807) is 12.0 Å². The third-order valence-electron chi connectivity index (χ3n) is 3.67. The summed E-state index contributed by atoms with van der Waals surface area (Å²) in [6, 6.07) is 7.44. The van der Waals surface area contributed by atoms with Gasteiger partial charge in [0.15, 0.2) is 0 Å². The van der Waals surface area contributed by atoms with Gasteiger partial charge in [-0.3, -0.25) is 0 Å². The van der Waals surface area contributed by atoms with Gasteiger partial charge >= 0.3 is 6.09 Å². The van der Waals surface area contributed by atoms with Crippen LogP contribution in [-0.4, -0.2) is 46.9 Å². The molecule has 7 nitrogen and oxygen atoms in total. The number of aromatic nitrogens is 2. The number of carbonyl (C=O) groups is 1. The fraction of sp³-hybridized carbons (Fsp3) is 0.471. The molecule has 1 aromatic carbocycles. The predicted molar refractivity (Wildman–Crippen MR) is 86.8 cm³/mol. The topological polar surface area (TPSA) is 77.7 Å². The molecule has 0 radical (unpaired) electrons. The number of hydrogen-bond acceptors (Lipinski definition) is 6. The highest BCUT2D eigenvalue weighted by molar-refractivity contribution is 5.69. The van der Waals surface area contributed by atoms with Crippen molar-refractivity contribution in [3.05, 3.63) is 30.2 Å². The van der Waals surface area contributed by atoms with Crippen molar-refractivity contribution < 1.29 is 18.8 Å². The van der Waals surface area contributed by atoms with Crippen molar-refractivity contribution in [3.63, 3.8) is 0 Å². The van der Waals surface area contributed by atoms with E-state index in [1.807, 2.05) is 45.0 Å². The third kappa shape index (κ3) is 3.50. The fourth-order valence-electron chi connectivity index (χ4n) is 2.37. The first-order valence-corrected chi connectivity index (χ1v) is 7.81. The number of benzene rings is 1. The monoisotopic (exact) mass is 331 g/mol. The van der Waals surface area contributed by atoms with Crippen LogP contribution in [0.25, 0.3) is 11.4 Å². The fourth-order valence-corrected chi connectivity index (χ4v) is 2.37. The summed E-state index contributed by atoms with van der Waals surface area (Å²) >= 11 is 0. The zero-order valence-electron chi connectivity index (χ0n) is 14.3. The van der Waals surface area contributed by atoms with Crippen LogP contribution in [0, 0.1) is 0 Å². The second kappa shape index (κ2) is 6.14. The number of methoxy groups -OCH3 is 1. The maximum absolute atomic E-state index is 11.9. The van der Waals surface area contributed by atoms with E-state index in [9.17, 15) is 4.79 Å². The van der Waals surface area contributed by atoms with Gasteiger partial charge in [0.05, 0.1) is 13.0 Å². The van der Waals surface area contributed by atoms with Gasteiger partial charge in [-0.05, 0) is 45.0 Å². The van der Waals surface area contributed by atoms with Crippen LogP contribution in [0.2, 0.25) is 0 Å². The van der Waals surface area contributed by atoms with Crippen LogP contribution in [0.3, 0.4) is 0 Å². The number of amides is 1. The summed E-state index contributed by atoms with van der Waals surface area (Å²) in [5.41, 5.74) is 0.364. The zero-order valence-corrected chi connectivity index (χ0v) is 14.3. The van der Waals surface area contributed by atoms with E-state index >= 15 is 0 Å². The van der Waals surface area contributed by atoms with Gasteiger partial charge < -0.3 is 18.9 Å². The lowest BCUT2D eigenvalue weighted by Gasteiger charge is -2.37. The molecule has 0 bridgehead atoms. The first-order valence-electron chi connectivity index (χ1n) is 7.81. The minimum Gasteiger partial charge on any atom is -0.497 e. The van der Waals surface area contributed by atoms with E-state index in [2.05, 4.69) is 10.1 Å². The quantitative estimate of drug-likeness (QED) is 0.860. The summed E-state index contributed by atoms with van der Waals surface area (Å²) in [5.74, 6) is 1.90. The zero-order chi connectivity index (χ0) is 17.3. The van der Waals surface area contributed by atoms with Gasteiger partial charge in [0.2, 0.25) is 11.7 Å². The number of hydrogen-bond donors (Lipinski definition) is 0. The summed E-state index contributed by atoms with van der Waals surface area (Å²) < 4.78 is 15.8. The Bertz CT molecular complexity index is 712. The summed E-state index contributed by atoms with van der Waals surface area (Å²) in [6.07, 6.45) is -0.311. The van der Waals surface area contributed by atoms with Crippen LogP contribution in [0.4, 0.5) is 4.79 Å². The first-order chi connectivity index (χ1) is 11.4. The van der Waals surface area contributed by atoms with Crippen molar-refractivity contribution in [3.8, 4) is 17.1 Å². The molecular weight excluding hydrogens is 310 g/mol. The highest BCUT2D eigenvalue weighted by Gasteiger charge is 2.37. The molecule has 0 atom stereocenters. The van der Waals surface area contributed by atoms with E-state index < -0.39 is 5.60 Å². The Kier molecular flexibility index (Phi) is 4.17. The molecule has 2 heterocycles. The standard InChI is InChI=1S/C17H21N3O4/c1-17(2,3)23-16(21)20-9-12(10-20)15-18-14(19-24-15)11-5-7-13(22-4)8-6-11/h5-8,12H,9-10H2,1-4H3.